The van der Waals surface area contributed by atoms with Gasteiger partial charge in [-0.25, -0.2) is 0 Å². The summed E-state index contributed by atoms with van der Waals surface area (Å²) in [5, 5.41) is 11.3. The molecule has 3 rings (SSSR count). The first-order valence-corrected chi connectivity index (χ1v) is 11.6. The second-order valence-electron chi connectivity index (χ2n) is 8.56. The second kappa shape index (κ2) is 11.9. The van der Waals surface area contributed by atoms with E-state index in [0.717, 1.165) is 37.9 Å². The Morgan fingerprint density at radius 2 is 1.88 bits per heavy atom. The largest absolute Gasteiger partial charge is 0.497 e. The number of aryl methyl sites for hydroxylation is 1. The molecule has 0 aliphatic carbocycles. The van der Waals surface area contributed by atoms with E-state index >= 15 is 0 Å². The molecule has 1 aromatic heterocycles. The standard InChI is InChI=1S/C24H39N7O/c1-6-25-24(26-16-22(29(2)3)20-15-28-30(4)18-20)27-17-23(31-13-7-8-14-31)19-9-11-21(32-5)12-10-19/h9-12,15,18,22-23H,6-8,13-14,16-17H2,1-5H3,(H2,25,26,27). The van der Waals surface area contributed by atoms with Crippen molar-refractivity contribution in [3.8, 4) is 5.75 Å². The number of ether oxygens (including phenoxy) is 1. The molecule has 1 aliphatic heterocycles. The molecule has 176 valence electrons. The third kappa shape index (κ3) is 6.46. The van der Waals surface area contributed by atoms with E-state index in [2.05, 4.69) is 64.9 Å². The van der Waals surface area contributed by atoms with Gasteiger partial charge in [-0.15, -0.1) is 0 Å². The highest BCUT2D eigenvalue weighted by Crippen LogP contribution is 2.27. The van der Waals surface area contributed by atoms with E-state index in [1.165, 1.54) is 24.0 Å². The number of hydrogen-bond acceptors (Lipinski definition) is 5. The number of nitrogens with zero attached hydrogens (tertiary/aromatic N) is 5. The molecule has 2 heterocycles. The molecule has 0 spiro atoms. The highest BCUT2D eigenvalue weighted by Gasteiger charge is 2.24. The van der Waals surface area contributed by atoms with E-state index in [4.69, 9.17) is 9.73 Å². The summed E-state index contributed by atoms with van der Waals surface area (Å²) in [6.45, 7) is 6.63. The lowest BCUT2D eigenvalue weighted by atomic mass is 10.1. The van der Waals surface area contributed by atoms with Crippen LogP contribution in [0.5, 0.6) is 5.75 Å². The molecule has 0 radical (unpaired) electrons. The highest BCUT2D eigenvalue weighted by molar-refractivity contribution is 5.79. The van der Waals surface area contributed by atoms with E-state index in [1.54, 1.807) is 7.11 Å². The minimum absolute atomic E-state index is 0.212. The van der Waals surface area contributed by atoms with Crippen molar-refractivity contribution in [2.45, 2.75) is 31.8 Å². The van der Waals surface area contributed by atoms with Gasteiger partial charge >= 0.3 is 0 Å². The van der Waals surface area contributed by atoms with Crippen LogP contribution in [0.1, 0.15) is 43.0 Å². The maximum Gasteiger partial charge on any atom is 0.191 e. The second-order valence-corrected chi connectivity index (χ2v) is 8.56. The van der Waals surface area contributed by atoms with Crippen molar-refractivity contribution in [1.82, 2.24) is 30.2 Å². The van der Waals surface area contributed by atoms with Crippen LogP contribution >= 0.6 is 0 Å². The fourth-order valence-electron chi connectivity index (χ4n) is 4.23. The number of nitrogens with one attached hydrogen (secondary N) is 2. The summed E-state index contributed by atoms with van der Waals surface area (Å²) in [4.78, 5) is 9.74. The lowest BCUT2D eigenvalue weighted by Gasteiger charge is -2.28. The minimum atomic E-state index is 0.212. The average Bonchev–Trinajstić information content (AvgIpc) is 3.46. The summed E-state index contributed by atoms with van der Waals surface area (Å²) in [5.41, 5.74) is 2.47. The molecule has 1 saturated heterocycles. The molecule has 1 fully saturated rings. The predicted molar refractivity (Wildman–Crippen MR) is 130 cm³/mol. The van der Waals surface area contributed by atoms with Crippen LogP contribution in [0.25, 0.3) is 0 Å². The molecule has 0 bridgehead atoms. The Labute approximate surface area is 192 Å². The number of hydrogen-bond donors (Lipinski definition) is 2. The molecule has 32 heavy (non-hydrogen) atoms. The molecule has 0 saturated carbocycles. The van der Waals surface area contributed by atoms with E-state index in [0.29, 0.717) is 6.54 Å². The van der Waals surface area contributed by atoms with Crippen molar-refractivity contribution in [3.05, 3.63) is 47.8 Å². The van der Waals surface area contributed by atoms with Crippen molar-refractivity contribution in [2.75, 3.05) is 53.9 Å². The topological polar surface area (TPSA) is 70.0 Å². The zero-order valence-corrected chi connectivity index (χ0v) is 20.2. The number of guanidine groups is 1. The molecule has 2 aromatic rings. The van der Waals surface area contributed by atoms with Gasteiger partial charge in [0.2, 0.25) is 0 Å². The van der Waals surface area contributed by atoms with Gasteiger partial charge < -0.3 is 20.3 Å². The third-order valence-electron chi connectivity index (χ3n) is 6.04. The van der Waals surface area contributed by atoms with E-state index in [1.807, 2.05) is 30.1 Å². The van der Waals surface area contributed by atoms with Crippen molar-refractivity contribution in [3.63, 3.8) is 0 Å². The molecular formula is C24H39N7O. The first-order valence-electron chi connectivity index (χ1n) is 11.6. The van der Waals surface area contributed by atoms with Gasteiger partial charge in [-0.1, -0.05) is 12.1 Å². The number of likely N-dealkylation sites (tertiary alicyclic amines) is 1. The van der Waals surface area contributed by atoms with Gasteiger partial charge in [-0.3, -0.25) is 14.6 Å². The lowest BCUT2D eigenvalue weighted by Crippen LogP contribution is -2.42. The smallest absolute Gasteiger partial charge is 0.191 e. The number of aliphatic imine (C=N–C) groups is 1. The maximum atomic E-state index is 5.35. The fourth-order valence-corrected chi connectivity index (χ4v) is 4.23. The van der Waals surface area contributed by atoms with Crippen LogP contribution in [0.3, 0.4) is 0 Å². The minimum Gasteiger partial charge on any atom is -0.497 e. The Morgan fingerprint density at radius 3 is 2.44 bits per heavy atom. The summed E-state index contributed by atoms with van der Waals surface area (Å²) in [7, 11) is 7.85. The first-order chi connectivity index (χ1) is 15.5. The molecular weight excluding hydrogens is 402 g/mol. The van der Waals surface area contributed by atoms with Crippen LogP contribution in [0, 0.1) is 0 Å². The van der Waals surface area contributed by atoms with Gasteiger partial charge in [0.15, 0.2) is 5.96 Å². The van der Waals surface area contributed by atoms with Crippen LogP contribution in [0.2, 0.25) is 0 Å². The van der Waals surface area contributed by atoms with Crippen LogP contribution in [0.4, 0.5) is 0 Å². The average molecular weight is 442 g/mol. The van der Waals surface area contributed by atoms with Crippen molar-refractivity contribution < 1.29 is 4.74 Å². The summed E-state index contributed by atoms with van der Waals surface area (Å²) in [6, 6.07) is 8.90. The predicted octanol–water partition coefficient (Wildman–Crippen LogP) is 2.42. The van der Waals surface area contributed by atoms with E-state index < -0.39 is 0 Å². The number of rotatable bonds is 10. The normalized spacial score (nSPS) is 16.9. The lowest BCUT2D eigenvalue weighted by molar-refractivity contribution is 0.251. The van der Waals surface area contributed by atoms with Crippen LogP contribution < -0.4 is 15.4 Å². The van der Waals surface area contributed by atoms with Crippen molar-refractivity contribution in [2.24, 2.45) is 12.0 Å². The van der Waals surface area contributed by atoms with Gasteiger partial charge in [0.05, 0.1) is 31.9 Å². The number of aromatic nitrogens is 2. The molecule has 2 N–H and O–H groups in total. The first kappa shape index (κ1) is 24.1. The Kier molecular flexibility index (Phi) is 8.93. The Balaban J connectivity index is 1.72. The third-order valence-corrected chi connectivity index (χ3v) is 6.04. The molecule has 1 aromatic carbocycles. The maximum absolute atomic E-state index is 5.35. The molecule has 2 atom stereocenters. The summed E-state index contributed by atoms with van der Waals surface area (Å²) >= 11 is 0. The Bertz CT molecular complexity index is 840. The summed E-state index contributed by atoms with van der Waals surface area (Å²) in [6.07, 6.45) is 6.52. The highest BCUT2D eigenvalue weighted by atomic mass is 16.5. The van der Waals surface area contributed by atoms with E-state index in [-0.39, 0.29) is 12.1 Å². The Hall–Kier alpha value is -2.58. The van der Waals surface area contributed by atoms with Gasteiger partial charge in [0, 0.05) is 31.9 Å². The zero-order chi connectivity index (χ0) is 22.9. The van der Waals surface area contributed by atoms with Crippen LogP contribution in [-0.2, 0) is 7.05 Å². The Morgan fingerprint density at radius 1 is 1.16 bits per heavy atom. The SMILES string of the molecule is CCNC(=NCC(c1ccc(OC)cc1)N1CCCC1)NCC(c1cnn(C)c1)N(C)C. The van der Waals surface area contributed by atoms with Crippen LogP contribution in [0.15, 0.2) is 41.7 Å². The molecule has 0 amide bonds. The molecule has 8 heteroatoms. The van der Waals surface area contributed by atoms with Gasteiger partial charge in [0.25, 0.3) is 0 Å². The summed E-state index contributed by atoms with van der Waals surface area (Å²) in [5.74, 6) is 1.73. The van der Waals surface area contributed by atoms with Crippen molar-refractivity contribution >= 4 is 5.96 Å². The zero-order valence-electron chi connectivity index (χ0n) is 20.2. The quantitative estimate of drug-likeness (QED) is 0.436. The van der Waals surface area contributed by atoms with E-state index in [9.17, 15) is 0 Å². The monoisotopic (exact) mass is 441 g/mol. The number of methoxy groups -OCH3 is 1. The molecule has 8 nitrogen and oxygen atoms in total. The van der Waals surface area contributed by atoms with Crippen LogP contribution in [-0.4, -0.2) is 79.5 Å². The summed E-state index contributed by atoms with van der Waals surface area (Å²) < 4.78 is 7.19. The van der Waals surface area contributed by atoms with Gasteiger partial charge in [-0.05, 0) is 64.6 Å². The van der Waals surface area contributed by atoms with Crippen molar-refractivity contribution in [1.29, 1.82) is 0 Å². The number of likely N-dealkylation sites (N-methyl/N-ethyl adjacent to an activating group) is 1. The van der Waals surface area contributed by atoms with Gasteiger partial charge in [0.1, 0.15) is 5.75 Å². The fraction of sp³-hybridized carbons (Fsp3) is 0.583. The molecule has 2 unspecified atom stereocenters. The molecule has 1 aliphatic rings. The number of benzene rings is 1. The van der Waals surface area contributed by atoms with Gasteiger partial charge in [-0.2, -0.15) is 5.10 Å².